The molecule has 1 aromatic carbocycles. The second-order valence-electron chi connectivity index (χ2n) is 7.41. The summed E-state index contributed by atoms with van der Waals surface area (Å²) in [6.45, 7) is 3.99. The first-order valence-electron chi connectivity index (χ1n) is 9.91. The van der Waals surface area contributed by atoms with Crippen LogP contribution in [-0.2, 0) is 19.6 Å². The van der Waals surface area contributed by atoms with E-state index in [9.17, 15) is 23.1 Å². The lowest BCUT2D eigenvalue weighted by molar-refractivity contribution is -0.144. The standard InChI is InChI=1S/C20H30N2O7S/c1-5-13(2)18(20(24)25)21-19(23)14-8-10-22(11-9-14)30(26,27)15-6-7-16(28-3)17(12-15)29-4/h6-7,12-14,18H,5,8-11H2,1-4H3,(H,21,23)(H,24,25)/t13-,18+/m0/s1. The molecule has 1 aromatic rings. The van der Waals surface area contributed by atoms with E-state index in [0.29, 0.717) is 30.8 Å². The number of rotatable bonds is 9. The molecule has 0 spiro atoms. The smallest absolute Gasteiger partial charge is 0.326 e. The highest BCUT2D eigenvalue weighted by atomic mass is 32.2. The summed E-state index contributed by atoms with van der Waals surface area (Å²) >= 11 is 0. The fourth-order valence-corrected chi connectivity index (χ4v) is 4.92. The van der Waals surface area contributed by atoms with Crippen LogP contribution in [0.5, 0.6) is 11.5 Å². The van der Waals surface area contributed by atoms with E-state index in [1.54, 1.807) is 6.92 Å². The highest BCUT2D eigenvalue weighted by Crippen LogP contribution is 2.32. The largest absolute Gasteiger partial charge is 0.493 e. The first-order valence-corrected chi connectivity index (χ1v) is 11.3. The van der Waals surface area contributed by atoms with Crippen LogP contribution in [-0.4, -0.2) is 63.1 Å². The normalized spacial score (nSPS) is 17.7. The third kappa shape index (κ3) is 5.23. The van der Waals surface area contributed by atoms with Gasteiger partial charge in [0.2, 0.25) is 15.9 Å². The number of carbonyl (C=O) groups excluding carboxylic acids is 1. The maximum absolute atomic E-state index is 13.0. The van der Waals surface area contributed by atoms with Gasteiger partial charge in [-0.25, -0.2) is 13.2 Å². The number of piperidine rings is 1. The maximum Gasteiger partial charge on any atom is 0.326 e. The van der Waals surface area contributed by atoms with Crippen molar-refractivity contribution in [3.8, 4) is 11.5 Å². The Kier molecular flexibility index (Phi) is 8.08. The van der Waals surface area contributed by atoms with Crippen molar-refractivity contribution in [2.75, 3.05) is 27.3 Å². The molecule has 30 heavy (non-hydrogen) atoms. The molecule has 2 atom stereocenters. The third-order valence-corrected chi connectivity index (χ3v) is 7.49. The van der Waals surface area contributed by atoms with Crippen LogP contribution >= 0.6 is 0 Å². The lowest BCUT2D eigenvalue weighted by atomic mass is 9.94. The number of benzene rings is 1. The van der Waals surface area contributed by atoms with Gasteiger partial charge in [-0.2, -0.15) is 4.31 Å². The summed E-state index contributed by atoms with van der Waals surface area (Å²) in [6.07, 6.45) is 1.27. The Morgan fingerprint density at radius 2 is 1.80 bits per heavy atom. The number of nitrogens with one attached hydrogen (secondary N) is 1. The molecule has 1 heterocycles. The summed E-state index contributed by atoms with van der Waals surface area (Å²) in [5.74, 6) is -1.28. The van der Waals surface area contributed by atoms with Gasteiger partial charge in [0.05, 0.1) is 19.1 Å². The summed E-state index contributed by atoms with van der Waals surface area (Å²) in [4.78, 5) is 24.1. The Balaban J connectivity index is 2.05. The van der Waals surface area contributed by atoms with Crippen LogP contribution in [0.25, 0.3) is 0 Å². The molecule has 1 saturated heterocycles. The number of hydrogen-bond acceptors (Lipinski definition) is 6. The SMILES string of the molecule is CC[C@H](C)[C@@H](NC(=O)C1CCN(S(=O)(=O)c2ccc(OC)c(OC)c2)CC1)C(=O)O. The van der Waals surface area contributed by atoms with Crippen molar-refractivity contribution in [1.82, 2.24) is 9.62 Å². The number of aliphatic carboxylic acids is 1. The van der Waals surface area contributed by atoms with E-state index in [1.165, 1.54) is 36.7 Å². The van der Waals surface area contributed by atoms with Crippen LogP contribution in [0.3, 0.4) is 0 Å². The van der Waals surface area contributed by atoms with Gasteiger partial charge in [-0.1, -0.05) is 20.3 Å². The monoisotopic (exact) mass is 442 g/mol. The fourth-order valence-electron chi connectivity index (χ4n) is 3.44. The van der Waals surface area contributed by atoms with E-state index in [2.05, 4.69) is 5.32 Å². The number of carboxylic acids is 1. The number of methoxy groups -OCH3 is 2. The molecular weight excluding hydrogens is 412 g/mol. The molecule has 2 N–H and O–H groups in total. The van der Waals surface area contributed by atoms with Crippen LogP contribution in [0.15, 0.2) is 23.1 Å². The average Bonchev–Trinajstić information content (AvgIpc) is 2.75. The van der Waals surface area contributed by atoms with Crippen LogP contribution < -0.4 is 14.8 Å². The Morgan fingerprint density at radius 3 is 2.30 bits per heavy atom. The topological polar surface area (TPSA) is 122 Å². The Bertz CT molecular complexity index is 864. The average molecular weight is 443 g/mol. The predicted octanol–water partition coefficient (Wildman–Crippen LogP) is 1.72. The highest BCUT2D eigenvalue weighted by Gasteiger charge is 2.34. The minimum Gasteiger partial charge on any atom is -0.493 e. The Morgan fingerprint density at radius 1 is 1.20 bits per heavy atom. The van der Waals surface area contributed by atoms with Gasteiger partial charge in [-0.05, 0) is 30.9 Å². The summed E-state index contributed by atoms with van der Waals surface area (Å²) in [5, 5.41) is 12.0. The van der Waals surface area contributed by atoms with Crippen molar-refractivity contribution in [3.05, 3.63) is 18.2 Å². The molecule has 0 bridgehead atoms. The van der Waals surface area contributed by atoms with E-state index in [0.717, 1.165) is 0 Å². The van der Waals surface area contributed by atoms with Crippen molar-refractivity contribution in [3.63, 3.8) is 0 Å². The van der Waals surface area contributed by atoms with E-state index in [1.807, 2.05) is 6.92 Å². The lowest BCUT2D eigenvalue weighted by Crippen LogP contribution is -2.49. The van der Waals surface area contributed by atoms with E-state index < -0.39 is 28.0 Å². The van der Waals surface area contributed by atoms with Crippen molar-refractivity contribution >= 4 is 21.9 Å². The highest BCUT2D eigenvalue weighted by molar-refractivity contribution is 7.89. The zero-order valence-electron chi connectivity index (χ0n) is 17.8. The Labute approximate surface area is 177 Å². The molecule has 1 amide bonds. The van der Waals surface area contributed by atoms with Gasteiger partial charge in [-0.3, -0.25) is 4.79 Å². The van der Waals surface area contributed by atoms with Crippen LogP contribution in [0.4, 0.5) is 0 Å². The lowest BCUT2D eigenvalue weighted by Gasteiger charge is -2.31. The van der Waals surface area contributed by atoms with Crippen molar-refractivity contribution in [1.29, 1.82) is 0 Å². The number of sulfonamides is 1. The van der Waals surface area contributed by atoms with Gasteiger partial charge in [0.25, 0.3) is 0 Å². The van der Waals surface area contributed by atoms with Gasteiger partial charge in [0, 0.05) is 25.1 Å². The van der Waals surface area contributed by atoms with Gasteiger partial charge in [0.1, 0.15) is 6.04 Å². The summed E-state index contributed by atoms with van der Waals surface area (Å²) in [6, 6.07) is 3.46. The Hall–Kier alpha value is -2.33. The van der Waals surface area contributed by atoms with Gasteiger partial charge in [0.15, 0.2) is 11.5 Å². The number of carboxylic acid groups (broad SMARTS) is 1. The molecule has 1 aliphatic heterocycles. The molecule has 10 heteroatoms. The van der Waals surface area contributed by atoms with E-state index in [4.69, 9.17) is 9.47 Å². The van der Waals surface area contributed by atoms with Gasteiger partial charge < -0.3 is 19.9 Å². The van der Waals surface area contributed by atoms with Gasteiger partial charge in [-0.15, -0.1) is 0 Å². The first kappa shape index (κ1) is 23.9. The van der Waals surface area contributed by atoms with Crippen molar-refractivity contribution in [2.45, 2.75) is 44.0 Å². The molecule has 1 fully saturated rings. The molecule has 0 aromatic heterocycles. The zero-order chi connectivity index (χ0) is 22.5. The predicted molar refractivity (Wildman–Crippen MR) is 110 cm³/mol. The minimum atomic E-state index is -3.75. The van der Waals surface area contributed by atoms with Gasteiger partial charge >= 0.3 is 5.97 Å². The molecule has 9 nitrogen and oxygen atoms in total. The van der Waals surface area contributed by atoms with Crippen molar-refractivity contribution < 1.29 is 32.6 Å². The molecule has 0 unspecified atom stereocenters. The first-order chi connectivity index (χ1) is 14.1. The van der Waals surface area contributed by atoms with E-state index >= 15 is 0 Å². The van der Waals surface area contributed by atoms with Crippen LogP contribution in [0.1, 0.15) is 33.1 Å². The third-order valence-electron chi connectivity index (χ3n) is 5.59. The molecule has 0 aliphatic carbocycles. The number of nitrogens with zero attached hydrogens (tertiary/aromatic N) is 1. The van der Waals surface area contributed by atoms with E-state index in [-0.39, 0.29) is 29.8 Å². The number of hydrogen-bond donors (Lipinski definition) is 2. The number of carbonyl (C=O) groups is 2. The number of ether oxygens (including phenoxy) is 2. The summed E-state index contributed by atoms with van der Waals surface area (Å²) < 4.78 is 37.6. The maximum atomic E-state index is 13.0. The molecule has 0 radical (unpaired) electrons. The molecule has 0 saturated carbocycles. The minimum absolute atomic E-state index is 0.0887. The molecule has 2 rings (SSSR count). The fraction of sp³-hybridized carbons (Fsp3) is 0.600. The second kappa shape index (κ2) is 10.1. The quantitative estimate of drug-likeness (QED) is 0.597. The zero-order valence-corrected chi connectivity index (χ0v) is 18.6. The van der Waals surface area contributed by atoms with Crippen LogP contribution in [0.2, 0.25) is 0 Å². The second-order valence-corrected chi connectivity index (χ2v) is 9.34. The van der Waals surface area contributed by atoms with Crippen molar-refractivity contribution in [2.24, 2.45) is 11.8 Å². The molecule has 168 valence electrons. The summed E-state index contributed by atoms with van der Waals surface area (Å²) in [5.41, 5.74) is 0. The summed E-state index contributed by atoms with van der Waals surface area (Å²) in [7, 11) is -0.848. The van der Waals surface area contributed by atoms with Crippen LogP contribution in [0, 0.1) is 11.8 Å². The number of amides is 1. The molecular formula is C20H30N2O7S. The molecule has 1 aliphatic rings.